The molecule has 1 amide bonds. The van der Waals surface area contributed by atoms with Crippen LogP contribution in [0.2, 0.25) is 0 Å². The summed E-state index contributed by atoms with van der Waals surface area (Å²) in [7, 11) is 0. The molecule has 1 aliphatic heterocycles. The van der Waals surface area contributed by atoms with Gasteiger partial charge in [0.2, 0.25) is 5.91 Å². The van der Waals surface area contributed by atoms with Gasteiger partial charge in [-0.2, -0.15) is 0 Å². The fourth-order valence-electron chi connectivity index (χ4n) is 3.51. The Morgan fingerprint density at radius 3 is 2.25 bits per heavy atom. The van der Waals surface area contributed by atoms with Crippen molar-refractivity contribution in [3.05, 3.63) is 29.8 Å². The minimum atomic E-state index is -0.803. The molecule has 28 heavy (non-hydrogen) atoms. The van der Waals surface area contributed by atoms with Gasteiger partial charge in [-0.3, -0.25) is 24.2 Å². The molecular weight excluding hydrogens is 382 g/mol. The second-order valence-corrected chi connectivity index (χ2v) is 7.02. The predicted octanol–water partition coefficient (Wildman–Crippen LogP) is 2.51. The molecule has 1 aromatic rings. The molecule has 1 aliphatic rings. The summed E-state index contributed by atoms with van der Waals surface area (Å²) in [5.74, 6) is -0.891. The zero-order valence-electron chi connectivity index (χ0n) is 16.7. The first-order valence-corrected chi connectivity index (χ1v) is 9.43. The molecule has 0 radical (unpaired) electrons. The molecule has 8 heteroatoms. The van der Waals surface area contributed by atoms with Crippen molar-refractivity contribution in [3.63, 3.8) is 0 Å². The molecule has 0 aromatic heterocycles. The fourth-order valence-corrected chi connectivity index (χ4v) is 3.51. The van der Waals surface area contributed by atoms with Crippen LogP contribution in [0, 0.1) is 0 Å². The molecule has 7 nitrogen and oxygen atoms in total. The molecule has 2 N–H and O–H groups in total. The van der Waals surface area contributed by atoms with Crippen molar-refractivity contribution in [1.29, 1.82) is 0 Å². The average Bonchev–Trinajstić information content (AvgIpc) is 2.66. The zero-order chi connectivity index (χ0) is 20.0. The number of carbonyl (C=O) groups excluding carboxylic acids is 2. The lowest BCUT2D eigenvalue weighted by molar-refractivity contribution is -0.139. The van der Waals surface area contributed by atoms with Crippen LogP contribution < -0.4 is 5.32 Å². The minimum Gasteiger partial charge on any atom is -0.480 e. The van der Waals surface area contributed by atoms with E-state index in [9.17, 15) is 14.4 Å². The third-order valence-electron chi connectivity index (χ3n) is 5.25. The maximum Gasteiger partial charge on any atom is 0.317 e. The molecule has 1 atom stereocenters. The molecule has 1 aromatic carbocycles. The Morgan fingerprint density at radius 2 is 1.79 bits per heavy atom. The quantitative estimate of drug-likeness (QED) is 0.639. The number of carboxylic acids is 1. The molecule has 1 saturated heterocycles. The van der Waals surface area contributed by atoms with E-state index in [-0.39, 0.29) is 42.7 Å². The van der Waals surface area contributed by atoms with Crippen molar-refractivity contribution in [3.8, 4) is 0 Å². The van der Waals surface area contributed by atoms with Crippen molar-refractivity contribution in [2.24, 2.45) is 0 Å². The third-order valence-corrected chi connectivity index (χ3v) is 5.25. The number of amides is 1. The van der Waals surface area contributed by atoms with Crippen molar-refractivity contribution in [2.75, 3.05) is 31.5 Å². The number of ketones is 1. The third kappa shape index (κ3) is 6.58. The molecule has 0 spiro atoms. The SMILES string of the molecule is CCN(CC(=O)O)C1CCN(C(C)C(=O)Nc2ccc(C(C)=O)cc2)CC1.Cl. The van der Waals surface area contributed by atoms with Gasteiger partial charge < -0.3 is 10.4 Å². The largest absolute Gasteiger partial charge is 0.480 e. The summed E-state index contributed by atoms with van der Waals surface area (Å²) in [6, 6.07) is 6.85. The average molecular weight is 412 g/mol. The number of Topliss-reactive ketones (excluding diaryl/α,β-unsaturated/α-hetero) is 1. The molecule has 0 bridgehead atoms. The van der Waals surface area contributed by atoms with Gasteiger partial charge >= 0.3 is 5.97 Å². The van der Waals surface area contributed by atoms with E-state index in [1.165, 1.54) is 6.92 Å². The van der Waals surface area contributed by atoms with Crippen LogP contribution in [-0.2, 0) is 9.59 Å². The van der Waals surface area contributed by atoms with Crippen LogP contribution in [0.5, 0.6) is 0 Å². The summed E-state index contributed by atoms with van der Waals surface area (Å²) in [5, 5.41) is 11.9. The molecule has 0 saturated carbocycles. The summed E-state index contributed by atoms with van der Waals surface area (Å²) >= 11 is 0. The zero-order valence-corrected chi connectivity index (χ0v) is 17.5. The highest BCUT2D eigenvalue weighted by Gasteiger charge is 2.29. The Bertz CT molecular complexity index is 673. The monoisotopic (exact) mass is 411 g/mol. The summed E-state index contributed by atoms with van der Waals surface area (Å²) < 4.78 is 0. The molecule has 1 fully saturated rings. The minimum absolute atomic E-state index is 0. The van der Waals surface area contributed by atoms with Crippen LogP contribution in [0.15, 0.2) is 24.3 Å². The summed E-state index contributed by atoms with van der Waals surface area (Å²) in [5.41, 5.74) is 1.29. The first-order valence-electron chi connectivity index (χ1n) is 9.43. The number of likely N-dealkylation sites (N-methyl/N-ethyl adjacent to an activating group) is 1. The van der Waals surface area contributed by atoms with Gasteiger partial charge in [0.1, 0.15) is 0 Å². The Hall–Kier alpha value is -1.96. The summed E-state index contributed by atoms with van der Waals surface area (Å²) in [6.07, 6.45) is 1.71. The number of carboxylic acid groups (broad SMARTS) is 1. The van der Waals surface area contributed by atoms with Crippen molar-refractivity contribution >= 4 is 35.8 Å². The first kappa shape index (κ1) is 24.1. The van der Waals surface area contributed by atoms with E-state index in [1.807, 2.05) is 18.7 Å². The number of anilines is 1. The number of nitrogens with one attached hydrogen (secondary N) is 1. The van der Waals surface area contributed by atoms with Gasteiger partial charge in [0.15, 0.2) is 5.78 Å². The number of nitrogens with zero attached hydrogens (tertiary/aromatic N) is 2. The molecule has 1 heterocycles. The van der Waals surface area contributed by atoms with E-state index >= 15 is 0 Å². The molecule has 156 valence electrons. The van der Waals surface area contributed by atoms with Crippen LogP contribution in [0.25, 0.3) is 0 Å². The van der Waals surface area contributed by atoms with Crippen molar-refractivity contribution < 1.29 is 19.5 Å². The van der Waals surface area contributed by atoms with E-state index in [2.05, 4.69) is 10.2 Å². The van der Waals surface area contributed by atoms with E-state index in [0.29, 0.717) is 17.8 Å². The summed E-state index contributed by atoms with van der Waals surface area (Å²) in [6.45, 7) is 7.67. The highest BCUT2D eigenvalue weighted by Crippen LogP contribution is 2.19. The van der Waals surface area contributed by atoms with Gasteiger partial charge in [0.05, 0.1) is 12.6 Å². The predicted molar refractivity (Wildman–Crippen MR) is 111 cm³/mol. The Labute approximate surface area is 172 Å². The summed E-state index contributed by atoms with van der Waals surface area (Å²) in [4.78, 5) is 39.0. The Balaban J connectivity index is 0.00000392. The van der Waals surface area contributed by atoms with Crippen molar-refractivity contribution in [1.82, 2.24) is 9.80 Å². The molecular formula is C20H30ClN3O4. The number of likely N-dealkylation sites (tertiary alicyclic amines) is 1. The van der Waals surface area contributed by atoms with Crippen molar-refractivity contribution in [2.45, 2.75) is 45.7 Å². The maximum absolute atomic E-state index is 12.5. The van der Waals surface area contributed by atoms with Gasteiger partial charge in [-0.25, -0.2) is 0 Å². The lowest BCUT2D eigenvalue weighted by Gasteiger charge is -2.39. The number of piperidine rings is 1. The van der Waals surface area contributed by atoms with Crippen LogP contribution in [0.4, 0.5) is 5.69 Å². The van der Waals surface area contributed by atoms with E-state index in [1.54, 1.807) is 24.3 Å². The lowest BCUT2D eigenvalue weighted by atomic mass is 10.0. The number of hydrogen-bond donors (Lipinski definition) is 2. The number of hydrogen-bond acceptors (Lipinski definition) is 5. The number of carbonyl (C=O) groups is 3. The van der Waals surface area contributed by atoms with E-state index in [4.69, 9.17) is 5.11 Å². The number of rotatable bonds is 8. The first-order chi connectivity index (χ1) is 12.8. The van der Waals surface area contributed by atoms with Gasteiger partial charge in [0, 0.05) is 30.4 Å². The fraction of sp³-hybridized carbons (Fsp3) is 0.550. The second-order valence-electron chi connectivity index (χ2n) is 7.02. The smallest absolute Gasteiger partial charge is 0.317 e. The second kappa shape index (κ2) is 11.1. The van der Waals surface area contributed by atoms with E-state index < -0.39 is 5.97 Å². The molecule has 0 aliphatic carbocycles. The van der Waals surface area contributed by atoms with Crippen LogP contribution in [0.3, 0.4) is 0 Å². The van der Waals surface area contributed by atoms with Gasteiger partial charge in [0.25, 0.3) is 0 Å². The molecule has 1 unspecified atom stereocenters. The van der Waals surface area contributed by atoms with Gasteiger partial charge in [-0.05, 0) is 57.5 Å². The number of aliphatic carboxylic acids is 1. The van der Waals surface area contributed by atoms with Crippen LogP contribution in [-0.4, -0.2) is 70.8 Å². The maximum atomic E-state index is 12.5. The lowest BCUT2D eigenvalue weighted by Crippen LogP contribution is -2.51. The Kier molecular flexibility index (Phi) is 9.58. The number of benzene rings is 1. The standard InChI is InChI=1S/C20H29N3O4.ClH/c1-4-22(13-19(25)26)18-9-11-23(12-10-18)14(2)20(27)21-17-7-5-16(6-8-17)15(3)24;/h5-8,14,18H,4,9-13H2,1-3H3,(H,21,27)(H,25,26);1H. The highest BCUT2D eigenvalue weighted by molar-refractivity contribution is 5.97. The van der Waals surface area contributed by atoms with Crippen LogP contribution in [0.1, 0.15) is 44.0 Å². The Morgan fingerprint density at radius 1 is 1.21 bits per heavy atom. The van der Waals surface area contributed by atoms with Gasteiger partial charge in [-0.15, -0.1) is 12.4 Å². The van der Waals surface area contributed by atoms with Crippen LogP contribution >= 0.6 is 12.4 Å². The number of halogens is 1. The van der Waals surface area contributed by atoms with Gasteiger partial charge in [-0.1, -0.05) is 6.92 Å². The molecule has 2 rings (SSSR count). The highest BCUT2D eigenvalue weighted by atomic mass is 35.5. The van der Waals surface area contributed by atoms with E-state index in [0.717, 1.165) is 25.9 Å². The normalized spacial score (nSPS) is 16.3. The topological polar surface area (TPSA) is 90.0 Å².